The molecule has 0 aliphatic carbocycles. The van der Waals surface area contributed by atoms with Gasteiger partial charge in [-0.15, -0.1) is 0 Å². The summed E-state index contributed by atoms with van der Waals surface area (Å²) in [6.07, 6.45) is 0.219. The molecule has 17 heavy (non-hydrogen) atoms. The van der Waals surface area contributed by atoms with Crippen LogP contribution in [-0.4, -0.2) is 29.3 Å². The Hall–Kier alpha value is -0.900. The van der Waals surface area contributed by atoms with Crippen LogP contribution in [0.25, 0.3) is 0 Å². The topological polar surface area (TPSA) is 29.3 Å². The summed E-state index contributed by atoms with van der Waals surface area (Å²) in [6, 6.07) is 1.91. The maximum absolute atomic E-state index is 13.4. The van der Waals surface area contributed by atoms with Crippen molar-refractivity contribution in [3.63, 3.8) is 0 Å². The first-order valence-electron chi connectivity index (χ1n) is 6.44. The third-order valence-electron chi connectivity index (χ3n) is 3.01. The van der Waals surface area contributed by atoms with E-state index in [1.54, 1.807) is 0 Å². The maximum atomic E-state index is 13.4. The molecule has 0 spiro atoms. The molecule has 2 heterocycles. The van der Waals surface area contributed by atoms with Crippen molar-refractivity contribution in [1.82, 2.24) is 10.1 Å². The van der Waals surface area contributed by atoms with Crippen LogP contribution in [-0.2, 0) is 6.54 Å². The quantitative estimate of drug-likeness (QED) is 0.797. The first-order valence-corrected chi connectivity index (χ1v) is 6.44. The van der Waals surface area contributed by atoms with E-state index >= 15 is 0 Å². The second-order valence-electron chi connectivity index (χ2n) is 4.45. The number of alkyl halides is 1. The second-order valence-corrected chi connectivity index (χ2v) is 4.45. The van der Waals surface area contributed by atoms with E-state index in [4.69, 9.17) is 4.52 Å². The number of hydrogen-bond acceptors (Lipinski definition) is 3. The van der Waals surface area contributed by atoms with Crippen molar-refractivity contribution in [3.05, 3.63) is 17.5 Å². The average Bonchev–Trinajstić information content (AvgIpc) is 2.72. The number of piperidine rings is 1. The Morgan fingerprint density at radius 1 is 1.53 bits per heavy atom. The number of hydrogen-bond donors (Lipinski definition) is 0. The zero-order valence-electron chi connectivity index (χ0n) is 11.2. The van der Waals surface area contributed by atoms with Gasteiger partial charge in [0, 0.05) is 12.6 Å². The Kier molecular flexibility index (Phi) is 5.62. The molecule has 1 fully saturated rings. The Balaban J connectivity index is 0.000000686. The fourth-order valence-corrected chi connectivity index (χ4v) is 1.94. The van der Waals surface area contributed by atoms with Crippen molar-refractivity contribution in [3.8, 4) is 0 Å². The molecule has 4 heteroatoms. The largest absolute Gasteiger partial charge is 0.360 e. The second kappa shape index (κ2) is 6.74. The summed E-state index contributed by atoms with van der Waals surface area (Å²) in [5, 5.41) is 3.82. The van der Waals surface area contributed by atoms with E-state index in [9.17, 15) is 4.39 Å². The first kappa shape index (κ1) is 14.2. The van der Waals surface area contributed by atoms with E-state index in [-0.39, 0.29) is 5.92 Å². The summed E-state index contributed by atoms with van der Waals surface area (Å²) >= 11 is 0. The van der Waals surface area contributed by atoms with Gasteiger partial charge in [0.15, 0.2) is 5.76 Å². The lowest BCUT2D eigenvalue weighted by Gasteiger charge is -2.32. The van der Waals surface area contributed by atoms with Crippen molar-refractivity contribution in [2.45, 2.75) is 46.8 Å². The highest BCUT2D eigenvalue weighted by Gasteiger charge is 2.26. The van der Waals surface area contributed by atoms with Gasteiger partial charge in [-0.05, 0) is 25.8 Å². The Morgan fingerprint density at radius 2 is 2.24 bits per heavy atom. The Bertz CT molecular complexity index is 327. The Morgan fingerprint density at radius 3 is 2.76 bits per heavy atom. The summed E-state index contributed by atoms with van der Waals surface area (Å²) in [7, 11) is 0. The molecule has 0 amide bonds. The molecule has 2 rings (SSSR count). The minimum Gasteiger partial charge on any atom is -0.360 e. The molecule has 0 bridgehead atoms. The van der Waals surface area contributed by atoms with Crippen molar-refractivity contribution in [2.24, 2.45) is 5.92 Å². The Labute approximate surface area is 103 Å². The smallest absolute Gasteiger partial charge is 0.150 e. The van der Waals surface area contributed by atoms with E-state index < -0.39 is 6.17 Å². The van der Waals surface area contributed by atoms with Gasteiger partial charge < -0.3 is 4.52 Å². The minimum atomic E-state index is -0.706. The number of aryl methyl sites for hydroxylation is 1. The number of nitrogens with zero attached hydrogens (tertiary/aromatic N) is 2. The van der Waals surface area contributed by atoms with Crippen LogP contribution < -0.4 is 0 Å². The predicted octanol–water partition coefficient (Wildman–Crippen LogP) is 3.19. The van der Waals surface area contributed by atoms with Gasteiger partial charge in [-0.2, -0.15) is 0 Å². The molecule has 1 saturated heterocycles. The predicted molar refractivity (Wildman–Crippen MR) is 66.5 cm³/mol. The van der Waals surface area contributed by atoms with E-state index in [1.165, 1.54) is 0 Å². The number of aromatic nitrogens is 1. The zero-order valence-corrected chi connectivity index (χ0v) is 11.2. The van der Waals surface area contributed by atoms with Crippen LogP contribution >= 0.6 is 0 Å². The molecule has 2 atom stereocenters. The van der Waals surface area contributed by atoms with Crippen LogP contribution in [0.3, 0.4) is 0 Å². The van der Waals surface area contributed by atoms with Gasteiger partial charge in [0.1, 0.15) is 6.17 Å². The van der Waals surface area contributed by atoms with Crippen molar-refractivity contribution >= 4 is 0 Å². The van der Waals surface area contributed by atoms with Gasteiger partial charge in [-0.3, -0.25) is 4.90 Å². The molecule has 1 aromatic heterocycles. The third-order valence-corrected chi connectivity index (χ3v) is 3.01. The standard InChI is InChI=1S/C11H17FN2O.C2H6/c1-8-3-4-14(7-11(8)12)6-10-5-9(2)13-15-10;1-2/h5,8,11H,3-4,6-7H2,1-2H3;1-2H3. The van der Waals surface area contributed by atoms with Gasteiger partial charge in [0.05, 0.1) is 12.2 Å². The number of likely N-dealkylation sites (tertiary alicyclic amines) is 1. The van der Waals surface area contributed by atoms with Crippen molar-refractivity contribution in [2.75, 3.05) is 13.1 Å². The summed E-state index contributed by atoms with van der Waals surface area (Å²) < 4.78 is 18.6. The molecular weight excluding hydrogens is 219 g/mol. The molecule has 0 N–H and O–H groups in total. The highest BCUT2D eigenvalue weighted by molar-refractivity contribution is 5.03. The highest BCUT2D eigenvalue weighted by Crippen LogP contribution is 2.21. The van der Waals surface area contributed by atoms with E-state index in [2.05, 4.69) is 10.1 Å². The first-order chi connectivity index (χ1) is 8.15. The van der Waals surface area contributed by atoms with Crippen LogP contribution in [0.2, 0.25) is 0 Å². The lowest BCUT2D eigenvalue weighted by atomic mass is 9.97. The van der Waals surface area contributed by atoms with Crippen LogP contribution in [0.15, 0.2) is 10.6 Å². The fourth-order valence-electron chi connectivity index (χ4n) is 1.94. The molecule has 0 radical (unpaired) electrons. The van der Waals surface area contributed by atoms with Crippen LogP contribution in [0.4, 0.5) is 4.39 Å². The maximum Gasteiger partial charge on any atom is 0.150 e. The molecule has 0 aromatic carbocycles. The number of rotatable bonds is 2. The molecule has 98 valence electrons. The normalized spacial score (nSPS) is 25.2. The van der Waals surface area contributed by atoms with Crippen molar-refractivity contribution < 1.29 is 8.91 Å². The highest BCUT2D eigenvalue weighted by atomic mass is 19.1. The SMILES string of the molecule is CC.Cc1cc(CN2CCC(C)C(F)C2)on1. The minimum absolute atomic E-state index is 0.192. The molecule has 2 unspecified atom stereocenters. The molecule has 1 aromatic rings. The van der Waals surface area contributed by atoms with Gasteiger partial charge in [-0.25, -0.2) is 4.39 Å². The summed E-state index contributed by atoms with van der Waals surface area (Å²) in [4.78, 5) is 2.09. The molecule has 3 nitrogen and oxygen atoms in total. The number of halogens is 1. The summed E-state index contributed by atoms with van der Waals surface area (Å²) in [6.45, 7) is 10.0. The van der Waals surface area contributed by atoms with E-state index in [0.29, 0.717) is 13.1 Å². The van der Waals surface area contributed by atoms with Gasteiger partial charge in [0.2, 0.25) is 0 Å². The van der Waals surface area contributed by atoms with E-state index in [0.717, 1.165) is 24.4 Å². The average molecular weight is 242 g/mol. The molecular formula is C13H23FN2O. The van der Waals surface area contributed by atoms with Gasteiger partial charge >= 0.3 is 0 Å². The summed E-state index contributed by atoms with van der Waals surface area (Å²) in [5.41, 5.74) is 0.882. The third kappa shape index (κ3) is 4.11. The van der Waals surface area contributed by atoms with Gasteiger partial charge in [-0.1, -0.05) is 25.9 Å². The van der Waals surface area contributed by atoms with Gasteiger partial charge in [0.25, 0.3) is 0 Å². The van der Waals surface area contributed by atoms with Crippen LogP contribution in [0, 0.1) is 12.8 Å². The van der Waals surface area contributed by atoms with Crippen LogP contribution in [0.1, 0.15) is 38.6 Å². The monoisotopic (exact) mass is 242 g/mol. The molecule has 1 aliphatic heterocycles. The molecule has 1 aliphatic rings. The van der Waals surface area contributed by atoms with Crippen molar-refractivity contribution in [1.29, 1.82) is 0 Å². The lowest BCUT2D eigenvalue weighted by Crippen LogP contribution is -2.40. The van der Waals surface area contributed by atoms with Crippen LogP contribution in [0.5, 0.6) is 0 Å². The molecule has 0 saturated carbocycles. The zero-order chi connectivity index (χ0) is 12.8. The lowest BCUT2D eigenvalue weighted by molar-refractivity contribution is 0.0821. The van der Waals surface area contributed by atoms with E-state index in [1.807, 2.05) is 33.8 Å². The summed E-state index contributed by atoms with van der Waals surface area (Å²) in [5.74, 6) is 1.02. The fraction of sp³-hybridized carbons (Fsp3) is 0.769.